The molecule has 0 saturated carbocycles. The maximum atomic E-state index is 5.47. The second-order valence-electron chi connectivity index (χ2n) is 2.91. The van der Waals surface area contributed by atoms with Crippen molar-refractivity contribution in [1.82, 2.24) is 0 Å². The Labute approximate surface area is 64.3 Å². The summed E-state index contributed by atoms with van der Waals surface area (Å²) in [4.78, 5) is 0. The van der Waals surface area contributed by atoms with Gasteiger partial charge in [-0.15, -0.1) is 6.58 Å². The van der Waals surface area contributed by atoms with Crippen LogP contribution in [0.2, 0.25) is 0 Å². The van der Waals surface area contributed by atoms with E-state index >= 15 is 0 Å². The number of rotatable bonds is 6. The van der Waals surface area contributed by atoms with Crippen molar-refractivity contribution in [3.63, 3.8) is 0 Å². The van der Waals surface area contributed by atoms with Crippen LogP contribution in [0, 0.1) is 5.92 Å². The predicted octanol–water partition coefficient (Wildman–Crippen LogP) is 2.33. The topological polar surface area (TPSA) is 26.0 Å². The molecule has 1 unspecified atom stereocenters. The highest BCUT2D eigenvalue weighted by molar-refractivity contribution is 4.66. The van der Waals surface area contributed by atoms with E-state index in [-0.39, 0.29) is 0 Å². The molecule has 0 radical (unpaired) electrons. The van der Waals surface area contributed by atoms with Gasteiger partial charge in [-0.05, 0) is 31.7 Å². The van der Waals surface area contributed by atoms with Crippen molar-refractivity contribution in [2.24, 2.45) is 11.7 Å². The molecular formula is C9H19N. The minimum absolute atomic E-state index is 0.699. The van der Waals surface area contributed by atoms with Crippen LogP contribution in [0.25, 0.3) is 0 Å². The zero-order valence-corrected chi connectivity index (χ0v) is 6.97. The van der Waals surface area contributed by atoms with E-state index in [2.05, 4.69) is 13.5 Å². The first-order valence-corrected chi connectivity index (χ1v) is 4.12. The molecule has 0 aliphatic heterocycles. The van der Waals surface area contributed by atoms with E-state index in [4.69, 9.17) is 5.73 Å². The van der Waals surface area contributed by atoms with Crippen LogP contribution in [0.5, 0.6) is 0 Å². The molecule has 1 heteroatoms. The molecule has 0 aromatic rings. The highest BCUT2D eigenvalue weighted by Gasteiger charge is 1.96. The average Bonchev–Trinajstić information content (AvgIpc) is 1.98. The monoisotopic (exact) mass is 141 g/mol. The van der Waals surface area contributed by atoms with Gasteiger partial charge in [0, 0.05) is 0 Å². The normalized spacial score (nSPS) is 13.0. The number of hydrogen-bond donors (Lipinski definition) is 1. The van der Waals surface area contributed by atoms with Gasteiger partial charge in [0.1, 0.15) is 0 Å². The number of nitrogens with two attached hydrogens (primary N) is 1. The summed E-state index contributed by atoms with van der Waals surface area (Å²) in [6, 6.07) is 0. The van der Waals surface area contributed by atoms with Gasteiger partial charge in [0.15, 0.2) is 0 Å². The molecule has 1 atom stereocenters. The Hall–Kier alpha value is -0.300. The highest BCUT2D eigenvalue weighted by atomic mass is 14.5. The lowest BCUT2D eigenvalue weighted by atomic mass is 10.0. The summed E-state index contributed by atoms with van der Waals surface area (Å²) < 4.78 is 0. The Bertz CT molecular complexity index is 78.8. The molecule has 60 valence electrons. The van der Waals surface area contributed by atoms with E-state index in [1.165, 1.54) is 19.3 Å². The van der Waals surface area contributed by atoms with Crippen LogP contribution in [-0.2, 0) is 0 Å². The zero-order valence-electron chi connectivity index (χ0n) is 6.97. The average molecular weight is 141 g/mol. The molecule has 0 aliphatic carbocycles. The highest BCUT2D eigenvalue weighted by Crippen LogP contribution is 2.07. The van der Waals surface area contributed by atoms with Crippen LogP contribution in [0.4, 0.5) is 0 Å². The summed E-state index contributed by atoms with van der Waals surface area (Å²) in [6.45, 7) is 6.70. The maximum Gasteiger partial charge on any atom is -0.00515 e. The Morgan fingerprint density at radius 1 is 1.50 bits per heavy atom. The third-order valence-electron chi connectivity index (χ3n) is 1.76. The lowest BCUT2D eigenvalue weighted by molar-refractivity contribution is 0.509. The van der Waals surface area contributed by atoms with E-state index < -0.39 is 0 Å². The van der Waals surface area contributed by atoms with Crippen molar-refractivity contribution >= 4 is 0 Å². The fourth-order valence-electron chi connectivity index (χ4n) is 0.899. The molecule has 0 heterocycles. The summed E-state index contributed by atoms with van der Waals surface area (Å²) >= 11 is 0. The van der Waals surface area contributed by atoms with Gasteiger partial charge in [-0.3, -0.25) is 0 Å². The van der Waals surface area contributed by atoms with Gasteiger partial charge >= 0.3 is 0 Å². The number of hydrogen-bond acceptors (Lipinski definition) is 1. The lowest BCUT2D eigenvalue weighted by Gasteiger charge is -2.05. The molecule has 2 N–H and O–H groups in total. The SMILES string of the molecule is C=CCCCCC(C)CN. The van der Waals surface area contributed by atoms with Gasteiger partial charge in [-0.1, -0.05) is 19.4 Å². The fraction of sp³-hybridized carbons (Fsp3) is 0.778. The largest absolute Gasteiger partial charge is 0.330 e. The van der Waals surface area contributed by atoms with Crippen molar-refractivity contribution in [2.75, 3.05) is 6.54 Å². The minimum Gasteiger partial charge on any atom is -0.330 e. The number of unbranched alkanes of at least 4 members (excludes halogenated alkanes) is 2. The van der Waals surface area contributed by atoms with E-state index in [1.54, 1.807) is 0 Å². The van der Waals surface area contributed by atoms with Gasteiger partial charge in [0.25, 0.3) is 0 Å². The van der Waals surface area contributed by atoms with Gasteiger partial charge in [-0.2, -0.15) is 0 Å². The first-order chi connectivity index (χ1) is 4.81. The summed E-state index contributed by atoms with van der Waals surface area (Å²) in [5, 5.41) is 0. The molecule has 0 aromatic carbocycles. The van der Waals surface area contributed by atoms with Gasteiger partial charge in [0.05, 0.1) is 0 Å². The smallest absolute Gasteiger partial charge is 0.00515 e. The number of allylic oxidation sites excluding steroid dienone is 1. The Morgan fingerprint density at radius 3 is 2.70 bits per heavy atom. The Morgan fingerprint density at radius 2 is 2.20 bits per heavy atom. The van der Waals surface area contributed by atoms with Crippen LogP contribution in [-0.4, -0.2) is 6.54 Å². The van der Waals surface area contributed by atoms with E-state index in [1.807, 2.05) is 6.08 Å². The summed E-state index contributed by atoms with van der Waals surface area (Å²) in [5.74, 6) is 0.699. The molecule has 1 nitrogen and oxygen atoms in total. The molecule has 0 amide bonds. The van der Waals surface area contributed by atoms with Crippen LogP contribution < -0.4 is 5.73 Å². The molecule has 10 heavy (non-hydrogen) atoms. The predicted molar refractivity (Wildman–Crippen MR) is 46.9 cm³/mol. The van der Waals surface area contributed by atoms with E-state index in [0.29, 0.717) is 5.92 Å². The Balaban J connectivity index is 2.95. The van der Waals surface area contributed by atoms with E-state index in [9.17, 15) is 0 Å². The van der Waals surface area contributed by atoms with Gasteiger partial charge in [-0.25, -0.2) is 0 Å². The standard InChI is InChI=1S/C9H19N/c1-3-4-5-6-7-9(2)8-10/h3,9H,1,4-8,10H2,2H3. The minimum atomic E-state index is 0.699. The second kappa shape index (κ2) is 6.81. The van der Waals surface area contributed by atoms with Crippen molar-refractivity contribution in [3.8, 4) is 0 Å². The molecule has 0 aliphatic rings. The Kier molecular flexibility index (Phi) is 6.61. The quantitative estimate of drug-likeness (QED) is 0.446. The maximum absolute atomic E-state index is 5.47. The molecule has 0 spiro atoms. The van der Waals surface area contributed by atoms with Crippen LogP contribution in [0.15, 0.2) is 12.7 Å². The van der Waals surface area contributed by atoms with Gasteiger partial charge in [0.2, 0.25) is 0 Å². The molecule has 0 saturated heterocycles. The zero-order chi connectivity index (χ0) is 7.82. The van der Waals surface area contributed by atoms with Crippen LogP contribution >= 0.6 is 0 Å². The first kappa shape index (κ1) is 9.70. The molecule has 0 fully saturated rings. The summed E-state index contributed by atoms with van der Waals surface area (Å²) in [5.41, 5.74) is 5.47. The van der Waals surface area contributed by atoms with Crippen molar-refractivity contribution in [2.45, 2.75) is 32.6 Å². The van der Waals surface area contributed by atoms with Crippen LogP contribution in [0.1, 0.15) is 32.6 Å². The summed E-state index contributed by atoms with van der Waals surface area (Å²) in [6.07, 6.45) is 6.97. The summed E-state index contributed by atoms with van der Waals surface area (Å²) in [7, 11) is 0. The molecule has 0 aromatic heterocycles. The molecular weight excluding hydrogens is 122 g/mol. The molecule has 0 rings (SSSR count). The van der Waals surface area contributed by atoms with Gasteiger partial charge < -0.3 is 5.73 Å². The third-order valence-corrected chi connectivity index (χ3v) is 1.76. The van der Waals surface area contributed by atoms with Crippen molar-refractivity contribution in [3.05, 3.63) is 12.7 Å². The fourth-order valence-corrected chi connectivity index (χ4v) is 0.899. The van der Waals surface area contributed by atoms with E-state index in [0.717, 1.165) is 13.0 Å². The third kappa shape index (κ3) is 5.83. The second-order valence-corrected chi connectivity index (χ2v) is 2.91. The van der Waals surface area contributed by atoms with Crippen LogP contribution in [0.3, 0.4) is 0 Å². The molecule has 0 bridgehead atoms. The van der Waals surface area contributed by atoms with Crippen molar-refractivity contribution in [1.29, 1.82) is 0 Å². The first-order valence-electron chi connectivity index (χ1n) is 4.12. The lowest BCUT2D eigenvalue weighted by Crippen LogP contribution is -2.10. The van der Waals surface area contributed by atoms with Crippen molar-refractivity contribution < 1.29 is 0 Å².